The fraction of sp³-hybridized carbons (Fsp3) is 0.111. The lowest BCUT2D eigenvalue weighted by atomic mass is 10.2. The molecule has 0 saturated heterocycles. The van der Waals surface area contributed by atoms with E-state index in [0.717, 1.165) is 0 Å². The van der Waals surface area contributed by atoms with Crippen molar-refractivity contribution in [3.63, 3.8) is 0 Å². The molecule has 0 unspecified atom stereocenters. The van der Waals surface area contributed by atoms with Crippen LogP contribution in [-0.2, 0) is 0 Å². The molecule has 15 heavy (non-hydrogen) atoms. The summed E-state index contributed by atoms with van der Waals surface area (Å²) < 4.78 is -1.47. The average molecular weight is 267 g/mol. The molecule has 1 aromatic rings. The molecule has 0 aliphatic carbocycles. The highest BCUT2D eigenvalue weighted by Crippen LogP contribution is 2.29. The summed E-state index contributed by atoms with van der Waals surface area (Å²) in [6.45, 7) is 1.30. The minimum absolute atomic E-state index is 0.425. The summed E-state index contributed by atoms with van der Waals surface area (Å²) in [4.78, 5) is 10.8. The Morgan fingerprint density at radius 2 is 1.80 bits per heavy atom. The van der Waals surface area contributed by atoms with Gasteiger partial charge >= 0.3 is 0 Å². The van der Waals surface area contributed by atoms with Crippen LogP contribution < -0.4 is 11.1 Å². The van der Waals surface area contributed by atoms with Gasteiger partial charge in [-0.2, -0.15) is 0 Å². The average Bonchev–Trinajstić information content (AvgIpc) is 2.14. The largest absolute Gasteiger partial charge is 0.376 e. The summed E-state index contributed by atoms with van der Waals surface area (Å²) in [6.07, 6.45) is 0. The molecule has 1 rings (SSSR count). The summed E-state index contributed by atoms with van der Waals surface area (Å²) in [5.41, 5.74) is 6.20. The fourth-order valence-electron chi connectivity index (χ4n) is 0.896. The highest BCUT2D eigenvalue weighted by molar-refractivity contribution is 6.68. The zero-order valence-electron chi connectivity index (χ0n) is 7.51. The zero-order chi connectivity index (χ0) is 11.5. The van der Waals surface area contributed by atoms with Crippen LogP contribution in [0.3, 0.4) is 0 Å². The molecule has 0 saturated carbocycles. The third kappa shape index (κ3) is 4.60. The van der Waals surface area contributed by atoms with Gasteiger partial charge in [0.25, 0.3) is 0 Å². The predicted octanol–water partition coefficient (Wildman–Crippen LogP) is 2.73. The van der Waals surface area contributed by atoms with E-state index in [1.54, 1.807) is 24.3 Å². The van der Waals surface area contributed by atoms with Gasteiger partial charge in [0, 0.05) is 11.3 Å². The predicted molar refractivity (Wildman–Crippen MR) is 63.2 cm³/mol. The molecule has 1 amide bonds. The van der Waals surface area contributed by atoms with Crippen LogP contribution in [0.4, 0.5) is 5.69 Å². The van der Waals surface area contributed by atoms with Crippen molar-refractivity contribution < 1.29 is 4.79 Å². The van der Waals surface area contributed by atoms with Gasteiger partial charge < -0.3 is 11.1 Å². The molecule has 1 aromatic carbocycles. The highest BCUT2D eigenvalue weighted by Gasteiger charge is 2.19. The number of hydrogen-bond acceptors (Lipinski definition) is 2. The smallest absolute Gasteiger partial charge is 0.248 e. The van der Waals surface area contributed by atoms with Gasteiger partial charge in [0.05, 0.1) is 6.54 Å². The van der Waals surface area contributed by atoms with Gasteiger partial charge in [-0.15, -0.1) is 0 Å². The zero-order valence-corrected chi connectivity index (χ0v) is 9.77. The van der Waals surface area contributed by atoms with E-state index in [9.17, 15) is 4.79 Å². The molecule has 3 nitrogen and oxygen atoms in total. The number of anilines is 1. The Labute approximate surface area is 102 Å². The van der Waals surface area contributed by atoms with Crippen LogP contribution in [0.25, 0.3) is 0 Å². The molecule has 6 heteroatoms. The van der Waals surface area contributed by atoms with Crippen LogP contribution >= 0.6 is 34.8 Å². The Morgan fingerprint density at radius 1 is 1.27 bits per heavy atom. The number of alkyl halides is 3. The van der Waals surface area contributed by atoms with Gasteiger partial charge in [0.15, 0.2) is 0 Å². The third-order valence-corrected chi connectivity index (χ3v) is 1.90. The lowest BCUT2D eigenvalue weighted by Crippen LogP contribution is -2.12. The number of halogens is 3. The minimum atomic E-state index is -1.47. The maximum absolute atomic E-state index is 10.8. The third-order valence-electron chi connectivity index (χ3n) is 1.57. The Balaban J connectivity index is 2.61. The van der Waals surface area contributed by atoms with Crippen LogP contribution in [0, 0.1) is 6.54 Å². The number of carbonyl (C=O) groups excluding carboxylic acids is 1. The van der Waals surface area contributed by atoms with Gasteiger partial charge in [0.1, 0.15) is 0 Å². The van der Waals surface area contributed by atoms with Gasteiger partial charge in [-0.05, 0) is 24.3 Å². The number of primary amides is 1. The highest BCUT2D eigenvalue weighted by atomic mass is 35.6. The molecule has 0 fully saturated rings. The first-order valence-corrected chi connectivity index (χ1v) is 5.09. The second-order valence-corrected chi connectivity index (χ2v) is 5.14. The summed E-state index contributed by atoms with van der Waals surface area (Å²) in [6, 6.07) is 6.48. The second kappa shape index (κ2) is 4.92. The number of amides is 1. The van der Waals surface area contributed by atoms with E-state index in [0.29, 0.717) is 11.3 Å². The Kier molecular flexibility index (Phi) is 4.08. The topological polar surface area (TPSA) is 55.1 Å². The van der Waals surface area contributed by atoms with Crippen LogP contribution in [0.5, 0.6) is 0 Å². The minimum Gasteiger partial charge on any atom is -0.376 e. The molecule has 0 atom stereocenters. The van der Waals surface area contributed by atoms with Crippen LogP contribution in [0.2, 0.25) is 0 Å². The van der Waals surface area contributed by atoms with Gasteiger partial charge in [-0.25, -0.2) is 0 Å². The SMILES string of the molecule is NC(=O)c1ccc(N[CH]C(Cl)(Cl)Cl)cc1. The van der Waals surface area contributed by atoms with Crippen molar-refractivity contribution in [2.45, 2.75) is 3.79 Å². The summed E-state index contributed by atoms with van der Waals surface area (Å²) in [7, 11) is 0. The van der Waals surface area contributed by atoms with Crippen molar-refractivity contribution >= 4 is 46.4 Å². The van der Waals surface area contributed by atoms with Crippen molar-refractivity contribution in [2.24, 2.45) is 5.73 Å². The molecule has 3 N–H and O–H groups in total. The van der Waals surface area contributed by atoms with Gasteiger partial charge in [-0.3, -0.25) is 4.79 Å². The van der Waals surface area contributed by atoms with E-state index >= 15 is 0 Å². The first-order chi connectivity index (χ1) is 6.88. The van der Waals surface area contributed by atoms with Gasteiger partial charge in [-0.1, -0.05) is 34.8 Å². The maximum atomic E-state index is 10.8. The van der Waals surface area contributed by atoms with Crippen molar-refractivity contribution in [2.75, 3.05) is 5.32 Å². The molecular formula is C9H8Cl3N2O. The van der Waals surface area contributed by atoms with Crippen molar-refractivity contribution in [1.29, 1.82) is 0 Å². The molecule has 1 radical (unpaired) electrons. The van der Waals surface area contributed by atoms with Crippen molar-refractivity contribution in [1.82, 2.24) is 0 Å². The summed E-state index contributed by atoms with van der Waals surface area (Å²) >= 11 is 16.5. The molecule has 0 bridgehead atoms. The number of carbonyl (C=O) groups is 1. The molecule has 0 spiro atoms. The standard InChI is InChI=1S/C9H8Cl3N2O/c10-9(11,12)5-14-7-3-1-6(2-4-7)8(13)15/h1-5,14H,(H2,13,15). The number of rotatable bonds is 3. The van der Waals surface area contributed by atoms with E-state index in [1.807, 2.05) is 0 Å². The first-order valence-electron chi connectivity index (χ1n) is 3.96. The fourth-order valence-corrected chi connectivity index (χ4v) is 1.06. The molecule has 0 aliphatic rings. The van der Waals surface area contributed by atoms with E-state index in [4.69, 9.17) is 40.5 Å². The lowest BCUT2D eigenvalue weighted by molar-refractivity contribution is 0.100. The van der Waals surface area contributed by atoms with Gasteiger partial charge in [0.2, 0.25) is 9.70 Å². The Morgan fingerprint density at radius 3 is 2.20 bits per heavy atom. The molecule has 0 aliphatic heterocycles. The lowest BCUT2D eigenvalue weighted by Gasteiger charge is -2.12. The normalized spacial score (nSPS) is 11.1. The first kappa shape index (κ1) is 12.4. The van der Waals surface area contributed by atoms with E-state index in [2.05, 4.69) is 5.32 Å². The van der Waals surface area contributed by atoms with E-state index < -0.39 is 9.70 Å². The number of hydrogen-bond donors (Lipinski definition) is 2. The molecule has 81 valence electrons. The quantitative estimate of drug-likeness (QED) is 0.827. The van der Waals surface area contributed by atoms with Crippen molar-refractivity contribution in [3.8, 4) is 0 Å². The van der Waals surface area contributed by atoms with Crippen LogP contribution in [-0.4, -0.2) is 9.70 Å². The second-order valence-electron chi connectivity index (χ2n) is 2.77. The Bertz CT molecular complexity index is 345. The summed E-state index contributed by atoms with van der Waals surface area (Å²) in [5, 5.41) is 2.78. The molecule has 0 heterocycles. The molecular weight excluding hydrogens is 258 g/mol. The van der Waals surface area contributed by atoms with E-state index in [1.165, 1.54) is 6.54 Å². The monoisotopic (exact) mass is 265 g/mol. The van der Waals surface area contributed by atoms with E-state index in [-0.39, 0.29) is 0 Å². The maximum Gasteiger partial charge on any atom is 0.248 e. The number of nitrogens with one attached hydrogen (secondary N) is 1. The van der Waals surface area contributed by atoms with Crippen LogP contribution in [0.15, 0.2) is 24.3 Å². The summed E-state index contributed by atoms with van der Waals surface area (Å²) in [5.74, 6) is -0.480. The van der Waals surface area contributed by atoms with Crippen LogP contribution in [0.1, 0.15) is 10.4 Å². The Hall–Kier alpha value is -0.640. The number of nitrogens with two attached hydrogens (primary N) is 1. The number of benzene rings is 1. The van der Waals surface area contributed by atoms with Crippen molar-refractivity contribution in [3.05, 3.63) is 36.4 Å². The molecule has 0 aromatic heterocycles.